The summed E-state index contributed by atoms with van der Waals surface area (Å²) in [5.41, 5.74) is 1.64. The Morgan fingerprint density at radius 3 is 2.54 bits per heavy atom. The zero-order chi connectivity index (χ0) is 18.6. The van der Waals surface area contributed by atoms with Crippen molar-refractivity contribution in [2.75, 3.05) is 5.32 Å². The number of nitrogens with one attached hydrogen (secondary N) is 2. The third kappa shape index (κ3) is 5.46. The molecule has 0 saturated carbocycles. The second-order valence-electron chi connectivity index (χ2n) is 7.67. The van der Waals surface area contributed by atoms with Gasteiger partial charge in [-0.3, -0.25) is 4.79 Å². The summed E-state index contributed by atoms with van der Waals surface area (Å²) in [5.74, 6) is 0.959. The number of rotatable bonds is 6. The Kier molecular flexibility index (Phi) is 6.92. The van der Waals surface area contributed by atoms with Crippen molar-refractivity contribution in [3.63, 3.8) is 0 Å². The maximum atomic E-state index is 13.0. The van der Waals surface area contributed by atoms with Crippen LogP contribution in [0.25, 0.3) is 0 Å². The summed E-state index contributed by atoms with van der Waals surface area (Å²) >= 11 is 0. The molecule has 0 aromatic heterocycles. The second-order valence-corrected chi connectivity index (χ2v) is 7.67. The van der Waals surface area contributed by atoms with E-state index in [1.807, 2.05) is 24.3 Å². The highest BCUT2D eigenvalue weighted by Crippen LogP contribution is 2.33. The van der Waals surface area contributed by atoms with Gasteiger partial charge < -0.3 is 15.4 Å². The highest BCUT2D eigenvalue weighted by molar-refractivity contribution is 5.91. The molecule has 150 valence electrons. The Bertz CT molecular complexity index is 787. The van der Waals surface area contributed by atoms with Crippen LogP contribution < -0.4 is 15.4 Å². The lowest BCUT2D eigenvalue weighted by Crippen LogP contribution is -2.39. The van der Waals surface area contributed by atoms with Crippen LogP contribution >= 0.6 is 12.4 Å². The molecule has 4 nitrogen and oxygen atoms in total. The lowest BCUT2D eigenvalue weighted by Gasteiger charge is -2.28. The molecule has 2 heterocycles. The molecule has 0 spiro atoms. The van der Waals surface area contributed by atoms with Crippen molar-refractivity contribution in [3.8, 4) is 5.75 Å². The first-order valence-electron chi connectivity index (χ1n) is 9.67. The topological polar surface area (TPSA) is 50.4 Å². The summed E-state index contributed by atoms with van der Waals surface area (Å²) < 4.78 is 18.7. The molecule has 2 saturated heterocycles. The molecule has 0 aliphatic carbocycles. The largest absolute Gasteiger partial charge is 0.489 e. The molecule has 2 bridgehead atoms. The number of fused-ring (bicyclic) bond motifs is 2. The van der Waals surface area contributed by atoms with Crippen LogP contribution in [0, 0.1) is 11.7 Å². The van der Waals surface area contributed by atoms with Crippen molar-refractivity contribution in [1.82, 2.24) is 5.32 Å². The molecule has 2 atom stereocenters. The Morgan fingerprint density at radius 2 is 1.82 bits per heavy atom. The van der Waals surface area contributed by atoms with Crippen molar-refractivity contribution < 1.29 is 13.9 Å². The predicted molar refractivity (Wildman–Crippen MR) is 110 cm³/mol. The zero-order valence-electron chi connectivity index (χ0n) is 15.7. The van der Waals surface area contributed by atoms with Crippen molar-refractivity contribution in [3.05, 3.63) is 59.9 Å². The first kappa shape index (κ1) is 20.6. The standard InChI is InChI=1S/C22H25FN2O2.ClH/c23-17-6-4-15(5-7-17)14-27-21-3-1-2-18(13-21)25-22(26)12-16-10-19-8-9-20(11-16)24-19;/h1-7,13,16,19-20,24H,8-12,14H2,(H,25,26);1H. The van der Waals surface area contributed by atoms with Crippen LogP contribution in [0.2, 0.25) is 0 Å². The van der Waals surface area contributed by atoms with Crippen LogP contribution in [-0.4, -0.2) is 18.0 Å². The first-order valence-corrected chi connectivity index (χ1v) is 9.67. The minimum absolute atomic E-state index is 0. The van der Waals surface area contributed by atoms with Gasteiger partial charge >= 0.3 is 0 Å². The van der Waals surface area contributed by atoms with Crippen LogP contribution in [0.4, 0.5) is 10.1 Å². The summed E-state index contributed by atoms with van der Waals surface area (Å²) in [5, 5.41) is 6.61. The smallest absolute Gasteiger partial charge is 0.224 e. The molecule has 2 unspecified atom stereocenters. The van der Waals surface area contributed by atoms with Gasteiger partial charge in [0.05, 0.1) is 0 Å². The summed E-state index contributed by atoms with van der Waals surface area (Å²) in [7, 11) is 0. The van der Waals surface area contributed by atoms with Gasteiger partial charge in [0.1, 0.15) is 18.2 Å². The van der Waals surface area contributed by atoms with Crippen molar-refractivity contribution in [1.29, 1.82) is 0 Å². The van der Waals surface area contributed by atoms with E-state index in [0.717, 1.165) is 24.1 Å². The molecular formula is C22H26ClFN2O2. The summed E-state index contributed by atoms with van der Waals surface area (Å²) in [6.45, 7) is 0.357. The summed E-state index contributed by atoms with van der Waals surface area (Å²) in [6.07, 6.45) is 5.28. The molecule has 0 radical (unpaired) electrons. The van der Waals surface area contributed by atoms with Crippen LogP contribution in [0.3, 0.4) is 0 Å². The average molecular weight is 405 g/mol. The van der Waals surface area contributed by atoms with E-state index in [2.05, 4.69) is 10.6 Å². The SMILES string of the molecule is Cl.O=C(CC1CC2CCC(C1)N2)Nc1cccc(OCc2ccc(F)cc2)c1. The van der Waals surface area contributed by atoms with Gasteiger partial charge in [0, 0.05) is 30.3 Å². The van der Waals surface area contributed by atoms with Crippen LogP contribution in [0.5, 0.6) is 5.75 Å². The van der Waals surface area contributed by atoms with E-state index in [0.29, 0.717) is 36.8 Å². The number of amides is 1. The molecule has 2 aliphatic heterocycles. The fourth-order valence-corrected chi connectivity index (χ4v) is 4.23. The van der Waals surface area contributed by atoms with E-state index in [1.165, 1.54) is 25.0 Å². The molecule has 1 amide bonds. The zero-order valence-corrected chi connectivity index (χ0v) is 16.5. The van der Waals surface area contributed by atoms with Crippen LogP contribution in [-0.2, 0) is 11.4 Å². The van der Waals surface area contributed by atoms with E-state index >= 15 is 0 Å². The van der Waals surface area contributed by atoms with E-state index in [-0.39, 0.29) is 24.1 Å². The minimum Gasteiger partial charge on any atom is -0.489 e. The third-order valence-corrected chi connectivity index (χ3v) is 5.48. The number of piperidine rings is 1. The van der Waals surface area contributed by atoms with Gasteiger partial charge in [-0.25, -0.2) is 4.39 Å². The number of ether oxygens (including phenoxy) is 1. The van der Waals surface area contributed by atoms with Crippen LogP contribution in [0.15, 0.2) is 48.5 Å². The van der Waals surface area contributed by atoms with Gasteiger partial charge in [0.2, 0.25) is 5.91 Å². The molecule has 28 heavy (non-hydrogen) atoms. The number of carbonyl (C=O) groups is 1. The van der Waals surface area contributed by atoms with Gasteiger partial charge in [-0.1, -0.05) is 18.2 Å². The highest BCUT2D eigenvalue weighted by Gasteiger charge is 2.34. The molecule has 2 aliphatic rings. The number of benzene rings is 2. The van der Waals surface area contributed by atoms with Gasteiger partial charge in [0.15, 0.2) is 0 Å². The number of anilines is 1. The molecule has 2 N–H and O–H groups in total. The Balaban J connectivity index is 0.00000225. The number of hydrogen-bond donors (Lipinski definition) is 2. The quantitative estimate of drug-likeness (QED) is 0.734. The van der Waals surface area contributed by atoms with E-state index in [1.54, 1.807) is 12.1 Å². The van der Waals surface area contributed by atoms with Crippen LogP contribution in [0.1, 0.15) is 37.7 Å². The minimum atomic E-state index is -0.259. The molecule has 4 rings (SSSR count). The maximum absolute atomic E-state index is 13.0. The van der Waals surface area contributed by atoms with Crippen molar-refractivity contribution in [2.45, 2.75) is 50.8 Å². The number of hydrogen-bond acceptors (Lipinski definition) is 3. The van der Waals surface area contributed by atoms with Gasteiger partial charge in [0.25, 0.3) is 0 Å². The molecular weight excluding hydrogens is 379 g/mol. The molecule has 6 heteroatoms. The van der Waals surface area contributed by atoms with Crippen molar-refractivity contribution in [2.24, 2.45) is 5.92 Å². The number of halogens is 2. The first-order chi connectivity index (χ1) is 13.1. The monoisotopic (exact) mass is 404 g/mol. The fraction of sp³-hybridized carbons (Fsp3) is 0.409. The van der Waals surface area contributed by atoms with E-state index in [9.17, 15) is 9.18 Å². The Morgan fingerprint density at radius 1 is 1.11 bits per heavy atom. The summed E-state index contributed by atoms with van der Waals surface area (Å²) in [4.78, 5) is 12.4. The molecule has 2 fully saturated rings. The van der Waals surface area contributed by atoms with Gasteiger partial charge in [-0.15, -0.1) is 12.4 Å². The van der Waals surface area contributed by atoms with Crippen molar-refractivity contribution >= 4 is 24.0 Å². The van der Waals surface area contributed by atoms with E-state index in [4.69, 9.17) is 4.74 Å². The van der Waals surface area contributed by atoms with E-state index < -0.39 is 0 Å². The lowest BCUT2D eigenvalue weighted by atomic mass is 9.89. The normalized spacial score (nSPS) is 23.0. The fourth-order valence-electron chi connectivity index (χ4n) is 4.23. The summed E-state index contributed by atoms with van der Waals surface area (Å²) in [6, 6.07) is 14.9. The average Bonchev–Trinajstić information content (AvgIpc) is 3.00. The molecule has 2 aromatic carbocycles. The Hall–Kier alpha value is -2.11. The van der Waals surface area contributed by atoms with Gasteiger partial charge in [-0.2, -0.15) is 0 Å². The third-order valence-electron chi connectivity index (χ3n) is 5.48. The predicted octanol–water partition coefficient (Wildman–Crippen LogP) is 4.69. The highest BCUT2D eigenvalue weighted by atomic mass is 35.5. The second kappa shape index (κ2) is 9.39. The van der Waals surface area contributed by atoms with Gasteiger partial charge in [-0.05, 0) is 61.4 Å². The maximum Gasteiger partial charge on any atom is 0.224 e. The molecule has 2 aromatic rings. The number of carbonyl (C=O) groups excluding carboxylic acids is 1. The lowest BCUT2D eigenvalue weighted by molar-refractivity contribution is -0.117. The Labute approximate surface area is 171 Å².